The molecule has 0 spiro atoms. The summed E-state index contributed by atoms with van der Waals surface area (Å²) in [6, 6.07) is 0.963. The van der Waals surface area contributed by atoms with E-state index in [4.69, 9.17) is 0 Å². The van der Waals surface area contributed by atoms with Gasteiger partial charge in [-0.05, 0) is 37.9 Å². The van der Waals surface area contributed by atoms with Gasteiger partial charge in [-0.15, -0.1) is 0 Å². The van der Waals surface area contributed by atoms with E-state index in [2.05, 4.69) is 47.8 Å². The number of hydrogen-bond donors (Lipinski definition) is 0. The number of ketones is 1. The van der Waals surface area contributed by atoms with Crippen molar-refractivity contribution in [3.05, 3.63) is 32.2 Å². The van der Waals surface area contributed by atoms with Crippen LogP contribution in [0.3, 0.4) is 0 Å². The van der Waals surface area contributed by atoms with E-state index in [1.807, 2.05) is 0 Å². The summed E-state index contributed by atoms with van der Waals surface area (Å²) in [5, 5.41) is -0.0571. The first-order valence-corrected chi connectivity index (χ1v) is 6.12. The third-order valence-electron chi connectivity index (χ3n) is 1.51. The zero-order valence-corrected chi connectivity index (χ0v) is 11.3. The van der Waals surface area contributed by atoms with Crippen molar-refractivity contribution in [2.45, 2.75) is 0 Å². The number of hydrogen-bond acceptors (Lipinski definition) is 1. The van der Waals surface area contributed by atoms with Gasteiger partial charge in [-0.1, -0.05) is 15.9 Å². The van der Waals surface area contributed by atoms with Gasteiger partial charge in [0.1, 0.15) is 11.6 Å². The Hall–Kier alpha value is 0.190. The van der Waals surface area contributed by atoms with Crippen LogP contribution in [-0.2, 0) is 0 Å². The van der Waals surface area contributed by atoms with Crippen molar-refractivity contribution in [2.24, 2.45) is 0 Å². The minimum absolute atomic E-state index is 0.0571. The first-order valence-electron chi connectivity index (χ1n) is 3.41. The van der Waals surface area contributed by atoms with E-state index in [9.17, 15) is 13.6 Å². The van der Waals surface area contributed by atoms with Gasteiger partial charge >= 0.3 is 0 Å². The van der Waals surface area contributed by atoms with Crippen LogP contribution >= 0.6 is 47.8 Å². The Bertz CT molecular complexity index is 366. The van der Waals surface area contributed by atoms with Gasteiger partial charge in [0.25, 0.3) is 0 Å². The molecule has 0 aromatic heterocycles. The maximum Gasteiger partial charge on any atom is 0.177 e. The Morgan fingerprint density at radius 3 is 2.43 bits per heavy atom. The second-order valence-electron chi connectivity index (χ2n) is 2.40. The summed E-state index contributed by atoms with van der Waals surface area (Å²) < 4.78 is 26.3. The van der Waals surface area contributed by atoms with E-state index in [1.54, 1.807) is 0 Å². The van der Waals surface area contributed by atoms with Gasteiger partial charge in [0.05, 0.1) is 19.8 Å². The summed E-state index contributed by atoms with van der Waals surface area (Å²) in [7, 11) is 0. The molecule has 0 N–H and O–H groups in total. The van der Waals surface area contributed by atoms with Crippen LogP contribution < -0.4 is 0 Å². The van der Waals surface area contributed by atoms with Crippen LogP contribution in [0.15, 0.2) is 15.0 Å². The van der Waals surface area contributed by atoms with Crippen molar-refractivity contribution in [2.75, 3.05) is 5.33 Å². The lowest BCUT2D eigenvalue weighted by Crippen LogP contribution is -2.06. The Labute approximate surface area is 104 Å². The van der Waals surface area contributed by atoms with E-state index in [0.717, 1.165) is 6.07 Å². The Morgan fingerprint density at radius 2 is 1.93 bits per heavy atom. The van der Waals surface area contributed by atoms with Crippen LogP contribution in [0.1, 0.15) is 10.4 Å². The highest BCUT2D eigenvalue weighted by Gasteiger charge is 2.20. The lowest BCUT2D eigenvalue weighted by atomic mass is 10.1. The second-order valence-corrected chi connectivity index (χ2v) is 4.61. The van der Waals surface area contributed by atoms with Gasteiger partial charge in [-0.2, -0.15) is 0 Å². The highest BCUT2D eigenvalue weighted by atomic mass is 79.9. The van der Waals surface area contributed by atoms with E-state index in [-0.39, 0.29) is 19.8 Å². The summed E-state index contributed by atoms with van der Waals surface area (Å²) in [6.07, 6.45) is 0. The number of benzene rings is 1. The normalized spacial score (nSPS) is 10.4. The van der Waals surface area contributed by atoms with Crippen LogP contribution in [-0.4, -0.2) is 11.1 Å². The van der Waals surface area contributed by atoms with Gasteiger partial charge in [-0.3, -0.25) is 4.79 Å². The summed E-state index contributed by atoms with van der Waals surface area (Å²) >= 11 is 8.55. The van der Waals surface area contributed by atoms with Crippen LogP contribution in [0.25, 0.3) is 0 Å². The minimum atomic E-state index is -0.761. The van der Waals surface area contributed by atoms with Crippen LogP contribution in [0.2, 0.25) is 0 Å². The first-order chi connectivity index (χ1) is 6.49. The molecule has 1 aromatic carbocycles. The van der Waals surface area contributed by atoms with Crippen LogP contribution in [0, 0.1) is 11.6 Å². The number of halogens is 5. The van der Waals surface area contributed by atoms with Gasteiger partial charge in [0.15, 0.2) is 5.78 Å². The third-order valence-corrected chi connectivity index (χ3v) is 3.37. The molecule has 76 valence electrons. The van der Waals surface area contributed by atoms with E-state index >= 15 is 0 Å². The molecular weight excluding hydrogens is 390 g/mol. The SMILES string of the molecule is O=C(CBr)c1c(F)c(Br)cc(F)c1Br. The molecule has 0 fully saturated rings. The number of Topliss-reactive ketones (excluding diaryl/α,β-unsaturated/α-hetero) is 1. The summed E-state index contributed by atoms with van der Waals surface area (Å²) in [5.41, 5.74) is -0.284. The zero-order valence-electron chi connectivity index (χ0n) is 6.58. The maximum atomic E-state index is 13.4. The molecule has 0 amide bonds. The standard InChI is InChI=1S/C8H3Br3F2O/c9-2-5(14)6-7(11)4(12)1-3(10)8(6)13/h1H,2H2. The van der Waals surface area contributed by atoms with Crippen molar-refractivity contribution in [1.82, 2.24) is 0 Å². The van der Waals surface area contributed by atoms with Gasteiger partial charge in [0.2, 0.25) is 0 Å². The molecule has 1 nitrogen and oxygen atoms in total. The molecule has 1 rings (SSSR count). The smallest absolute Gasteiger partial charge is 0.177 e. The monoisotopic (exact) mass is 390 g/mol. The van der Waals surface area contributed by atoms with Crippen LogP contribution in [0.5, 0.6) is 0 Å². The summed E-state index contributed by atoms with van der Waals surface area (Å²) in [5.74, 6) is -1.96. The fourth-order valence-corrected chi connectivity index (χ4v) is 2.07. The van der Waals surface area contributed by atoms with Crippen molar-refractivity contribution >= 4 is 53.6 Å². The molecule has 1 aromatic rings. The molecule has 0 saturated heterocycles. The summed E-state index contributed by atoms with van der Waals surface area (Å²) in [4.78, 5) is 11.3. The van der Waals surface area contributed by atoms with Gasteiger partial charge in [0, 0.05) is 0 Å². The predicted octanol–water partition coefficient (Wildman–Crippen LogP) is 4.07. The lowest BCUT2D eigenvalue weighted by molar-refractivity contribution is 0.101. The van der Waals surface area contributed by atoms with E-state index < -0.39 is 17.4 Å². The van der Waals surface area contributed by atoms with E-state index in [0.29, 0.717) is 0 Å². The number of alkyl halides is 1. The molecule has 0 bridgehead atoms. The van der Waals surface area contributed by atoms with Crippen molar-refractivity contribution in [3.8, 4) is 0 Å². The largest absolute Gasteiger partial charge is 0.293 e. The number of rotatable bonds is 2. The summed E-state index contributed by atoms with van der Waals surface area (Å²) in [6.45, 7) is 0. The zero-order chi connectivity index (χ0) is 10.9. The molecular formula is C8H3Br3F2O. The predicted molar refractivity (Wildman–Crippen MR) is 59.9 cm³/mol. The molecule has 0 aliphatic carbocycles. The molecule has 0 aliphatic rings. The van der Waals surface area contributed by atoms with Crippen molar-refractivity contribution < 1.29 is 13.6 Å². The highest BCUT2D eigenvalue weighted by molar-refractivity contribution is 9.11. The average Bonchev–Trinajstić information content (AvgIpc) is 2.15. The molecule has 0 radical (unpaired) electrons. The quantitative estimate of drug-likeness (QED) is 0.421. The fraction of sp³-hybridized carbons (Fsp3) is 0.125. The maximum absolute atomic E-state index is 13.4. The Balaban J connectivity index is 3.47. The van der Waals surface area contributed by atoms with Crippen molar-refractivity contribution in [1.29, 1.82) is 0 Å². The molecule has 0 atom stereocenters. The molecule has 14 heavy (non-hydrogen) atoms. The molecule has 0 unspecified atom stereocenters. The number of carbonyl (C=O) groups is 1. The van der Waals surface area contributed by atoms with Crippen LogP contribution in [0.4, 0.5) is 8.78 Å². The average molecular weight is 393 g/mol. The molecule has 0 heterocycles. The number of carbonyl (C=O) groups excluding carboxylic acids is 1. The molecule has 6 heteroatoms. The Kier molecular flexibility index (Phi) is 4.21. The topological polar surface area (TPSA) is 17.1 Å². The first kappa shape index (κ1) is 12.3. The van der Waals surface area contributed by atoms with Gasteiger partial charge < -0.3 is 0 Å². The molecule has 0 saturated carbocycles. The third kappa shape index (κ3) is 2.23. The van der Waals surface area contributed by atoms with E-state index in [1.165, 1.54) is 0 Å². The lowest BCUT2D eigenvalue weighted by Gasteiger charge is -2.05. The fourth-order valence-electron chi connectivity index (χ4n) is 0.885. The second kappa shape index (κ2) is 4.81. The van der Waals surface area contributed by atoms with Crippen molar-refractivity contribution in [3.63, 3.8) is 0 Å². The Morgan fingerprint density at radius 1 is 1.36 bits per heavy atom. The highest BCUT2D eigenvalue weighted by Crippen LogP contribution is 2.29. The minimum Gasteiger partial charge on any atom is -0.293 e. The molecule has 0 aliphatic heterocycles. The van der Waals surface area contributed by atoms with Gasteiger partial charge in [-0.25, -0.2) is 8.78 Å².